The summed E-state index contributed by atoms with van der Waals surface area (Å²) in [7, 11) is 0. The highest BCUT2D eigenvalue weighted by Crippen LogP contribution is 2.24. The zero-order valence-corrected chi connectivity index (χ0v) is 31.0. The smallest absolute Gasteiger partial charge is 0.326 e. The number of ketones is 2. The molecule has 0 aromatic heterocycles. The SMILES string of the molecule is O=C(c1ccccc1)c1ccccc1NC(Cc1ccc(OCCCOc2ccc(CC(Nc3ccccc3C(=O)c3ccccc3)C(=O)O)cc2)cc1)C(=O)O. The Kier molecular flexibility index (Phi) is 13.4. The summed E-state index contributed by atoms with van der Waals surface area (Å²) in [5.74, 6) is -1.19. The number of hydrogen-bond donors (Lipinski definition) is 4. The number of benzene rings is 6. The van der Waals surface area contributed by atoms with E-state index in [0.29, 0.717) is 64.8 Å². The first-order valence-corrected chi connectivity index (χ1v) is 18.5. The van der Waals surface area contributed by atoms with Crippen molar-refractivity contribution in [1.29, 1.82) is 0 Å². The lowest BCUT2D eigenvalue weighted by molar-refractivity contribution is -0.138. The molecule has 6 rings (SSSR count). The largest absolute Gasteiger partial charge is 0.493 e. The van der Waals surface area contributed by atoms with Gasteiger partial charge in [-0.2, -0.15) is 0 Å². The lowest BCUT2D eigenvalue weighted by Gasteiger charge is -2.18. The van der Waals surface area contributed by atoms with Gasteiger partial charge in [-0.05, 0) is 59.7 Å². The molecule has 0 heterocycles. The van der Waals surface area contributed by atoms with Crippen molar-refractivity contribution in [1.82, 2.24) is 0 Å². The third-order valence-corrected chi connectivity index (χ3v) is 9.22. The van der Waals surface area contributed by atoms with Gasteiger partial charge in [-0.1, -0.05) is 109 Å². The van der Waals surface area contributed by atoms with Gasteiger partial charge in [0.25, 0.3) is 0 Å². The summed E-state index contributed by atoms with van der Waals surface area (Å²) in [6.45, 7) is 0.784. The van der Waals surface area contributed by atoms with E-state index < -0.39 is 24.0 Å². The molecule has 4 N–H and O–H groups in total. The van der Waals surface area contributed by atoms with E-state index in [4.69, 9.17) is 9.47 Å². The van der Waals surface area contributed by atoms with Crippen LogP contribution in [0.1, 0.15) is 49.4 Å². The van der Waals surface area contributed by atoms with Gasteiger partial charge in [-0.15, -0.1) is 0 Å². The maximum atomic E-state index is 13.1. The van der Waals surface area contributed by atoms with E-state index in [-0.39, 0.29) is 24.4 Å². The molecule has 2 atom stereocenters. The first-order valence-electron chi connectivity index (χ1n) is 18.5. The summed E-state index contributed by atoms with van der Waals surface area (Å²) in [5.41, 5.74) is 4.31. The Morgan fingerprint density at radius 1 is 0.456 bits per heavy atom. The van der Waals surface area contributed by atoms with Crippen LogP contribution < -0.4 is 20.1 Å². The fraction of sp³-hybridized carbons (Fsp3) is 0.149. The summed E-state index contributed by atoms with van der Waals surface area (Å²) in [6.07, 6.45) is 0.975. The number of anilines is 2. The van der Waals surface area contributed by atoms with Crippen LogP contribution in [0.15, 0.2) is 158 Å². The fourth-order valence-electron chi connectivity index (χ4n) is 6.23. The minimum absolute atomic E-state index is 0.188. The van der Waals surface area contributed by atoms with E-state index in [0.717, 1.165) is 11.1 Å². The standard InChI is InChI=1S/C47H42N2O8/c50-44(34-12-3-1-4-13-34)38-16-7-9-18-40(38)48-42(46(52)53)30-32-20-24-36(25-21-32)56-28-11-29-57-37-26-22-33(23-27-37)31-43(47(54)55)49-41-19-10-8-17-39(41)45(51)35-14-5-2-6-15-35/h1-10,12-27,42-43,48-49H,11,28-31H2,(H,52,53)(H,54,55). The number of carbonyl (C=O) groups is 4. The molecule has 57 heavy (non-hydrogen) atoms. The maximum Gasteiger partial charge on any atom is 0.326 e. The zero-order chi connectivity index (χ0) is 40.0. The van der Waals surface area contributed by atoms with Crippen LogP contribution in [0.3, 0.4) is 0 Å². The number of nitrogens with one attached hydrogen (secondary N) is 2. The second-order valence-electron chi connectivity index (χ2n) is 13.3. The maximum absolute atomic E-state index is 13.1. The molecule has 0 aliphatic carbocycles. The van der Waals surface area contributed by atoms with E-state index in [1.807, 2.05) is 36.4 Å². The van der Waals surface area contributed by atoms with Crippen molar-refractivity contribution in [2.24, 2.45) is 0 Å². The molecule has 10 nitrogen and oxygen atoms in total. The van der Waals surface area contributed by atoms with E-state index >= 15 is 0 Å². The fourth-order valence-corrected chi connectivity index (χ4v) is 6.23. The van der Waals surface area contributed by atoms with Gasteiger partial charge < -0.3 is 30.3 Å². The molecule has 6 aromatic rings. The van der Waals surface area contributed by atoms with Crippen LogP contribution in [0.25, 0.3) is 0 Å². The monoisotopic (exact) mass is 762 g/mol. The first-order chi connectivity index (χ1) is 27.7. The van der Waals surface area contributed by atoms with E-state index in [1.54, 1.807) is 121 Å². The first kappa shape index (κ1) is 39.5. The number of rotatable bonds is 20. The van der Waals surface area contributed by atoms with E-state index in [9.17, 15) is 29.4 Å². The summed E-state index contributed by atoms with van der Waals surface area (Å²) < 4.78 is 11.8. The molecular formula is C47H42N2O8. The Hall–Kier alpha value is -7.20. The molecule has 0 aliphatic heterocycles. The minimum atomic E-state index is -1.04. The van der Waals surface area contributed by atoms with Crippen molar-refractivity contribution in [3.63, 3.8) is 0 Å². The molecule has 10 heteroatoms. The highest BCUT2D eigenvalue weighted by molar-refractivity contribution is 6.13. The van der Waals surface area contributed by atoms with Crippen LogP contribution in [0.5, 0.6) is 11.5 Å². The summed E-state index contributed by atoms with van der Waals surface area (Å²) in [6, 6.07) is 44.0. The molecule has 0 fully saturated rings. The van der Waals surface area contributed by atoms with E-state index in [1.165, 1.54) is 0 Å². The van der Waals surface area contributed by atoms with Gasteiger partial charge in [0.15, 0.2) is 11.6 Å². The molecule has 0 spiro atoms. The van der Waals surface area contributed by atoms with Crippen LogP contribution in [-0.2, 0) is 22.4 Å². The Balaban J connectivity index is 0.951. The average Bonchev–Trinajstić information content (AvgIpc) is 3.24. The average molecular weight is 763 g/mol. The molecule has 0 saturated carbocycles. The van der Waals surface area contributed by atoms with Crippen LogP contribution in [0, 0.1) is 0 Å². The number of ether oxygens (including phenoxy) is 2. The Morgan fingerprint density at radius 2 is 0.807 bits per heavy atom. The van der Waals surface area contributed by atoms with Gasteiger partial charge in [0.1, 0.15) is 23.6 Å². The number of para-hydroxylation sites is 2. The zero-order valence-electron chi connectivity index (χ0n) is 31.0. The molecule has 6 aromatic carbocycles. The molecular weight excluding hydrogens is 721 g/mol. The number of aliphatic carboxylic acids is 2. The van der Waals surface area contributed by atoms with Crippen molar-refractivity contribution in [3.8, 4) is 11.5 Å². The van der Waals surface area contributed by atoms with Crippen molar-refractivity contribution in [3.05, 3.63) is 191 Å². The van der Waals surface area contributed by atoms with Crippen molar-refractivity contribution < 1.29 is 38.9 Å². The molecule has 0 saturated heterocycles. The number of hydrogen-bond acceptors (Lipinski definition) is 8. The normalized spacial score (nSPS) is 11.8. The number of carbonyl (C=O) groups excluding carboxylic acids is 2. The van der Waals surface area contributed by atoms with Gasteiger partial charge in [0.05, 0.1) is 13.2 Å². The lowest BCUT2D eigenvalue weighted by atomic mass is 10.00. The van der Waals surface area contributed by atoms with Gasteiger partial charge >= 0.3 is 11.9 Å². The van der Waals surface area contributed by atoms with Gasteiger partial charge in [-0.3, -0.25) is 9.59 Å². The van der Waals surface area contributed by atoms with Crippen molar-refractivity contribution in [2.75, 3.05) is 23.8 Å². The number of carboxylic acids is 2. The van der Waals surface area contributed by atoms with Crippen LogP contribution in [0.2, 0.25) is 0 Å². The van der Waals surface area contributed by atoms with Crippen LogP contribution in [0.4, 0.5) is 11.4 Å². The Bertz CT molecular complexity index is 2120. The predicted molar refractivity (Wildman–Crippen MR) is 219 cm³/mol. The van der Waals surface area contributed by atoms with E-state index in [2.05, 4.69) is 10.6 Å². The summed E-state index contributed by atoms with van der Waals surface area (Å²) >= 11 is 0. The summed E-state index contributed by atoms with van der Waals surface area (Å²) in [5, 5.41) is 26.1. The second-order valence-corrected chi connectivity index (χ2v) is 13.3. The quantitative estimate of drug-likeness (QED) is 0.0443. The van der Waals surface area contributed by atoms with Crippen molar-refractivity contribution >= 4 is 34.9 Å². The molecule has 0 bridgehead atoms. The number of carboxylic acid groups (broad SMARTS) is 2. The van der Waals surface area contributed by atoms with Crippen molar-refractivity contribution in [2.45, 2.75) is 31.3 Å². The molecule has 288 valence electrons. The Labute approximate surface area is 330 Å². The van der Waals surface area contributed by atoms with Crippen LogP contribution >= 0.6 is 0 Å². The topological polar surface area (TPSA) is 151 Å². The predicted octanol–water partition coefficient (Wildman–Crippen LogP) is 8.21. The third kappa shape index (κ3) is 10.9. The van der Waals surface area contributed by atoms with Gasteiger partial charge in [0.2, 0.25) is 0 Å². The molecule has 0 amide bonds. The summed E-state index contributed by atoms with van der Waals surface area (Å²) in [4.78, 5) is 50.7. The highest BCUT2D eigenvalue weighted by Gasteiger charge is 2.23. The van der Waals surface area contributed by atoms with Gasteiger partial charge in [-0.25, -0.2) is 9.59 Å². The molecule has 2 unspecified atom stereocenters. The highest BCUT2D eigenvalue weighted by atomic mass is 16.5. The molecule has 0 radical (unpaired) electrons. The van der Waals surface area contributed by atoms with Gasteiger partial charge in [0, 0.05) is 52.9 Å². The van der Waals surface area contributed by atoms with Crippen LogP contribution in [-0.4, -0.2) is 59.0 Å². The Morgan fingerprint density at radius 3 is 1.18 bits per heavy atom. The third-order valence-electron chi connectivity index (χ3n) is 9.22. The second kappa shape index (κ2) is 19.4. The lowest BCUT2D eigenvalue weighted by Crippen LogP contribution is -2.32. The molecule has 0 aliphatic rings. The minimum Gasteiger partial charge on any atom is -0.493 e.